The Morgan fingerprint density at radius 2 is 1.78 bits per heavy atom. The van der Waals surface area contributed by atoms with E-state index in [0.29, 0.717) is 12.8 Å². The summed E-state index contributed by atoms with van der Waals surface area (Å²) in [4.78, 5) is 23.9. The van der Waals surface area contributed by atoms with Crippen molar-refractivity contribution in [3.05, 3.63) is 53.9 Å². The van der Waals surface area contributed by atoms with Crippen LogP contribution in [0.25, 0.3) is 0 Å². The SMILES string of the molecule is Cc1ccc(S(=O)(=O)n2ccc(C(=O)NC3(CC(=O)O)CCCC3)c2)cc1. The predicted molar refractivity (Wildman–Crippen MR) is 99.1 cm³/mol. The highest BCUT2D eigenvalue weighted by atomic mass is 32.2. The summed E-state index contributed by atoms with van der Waals surface area (Å²) in [5.41, 5.74) is 0.366. The molecule has 3 rings (SSSR count). The van der Waals surface area contributed by atoms with Crippen LogP contribution in [0.1, 0.15) is 48.0 Å². The summed E-state index contributed by atoms with van der Waals surface area (Å²) in [6, 6.07) is 7.87. The fourth-order valence-electron chi connectivity index (χ4n) is 3.49. The summed E-state index contributed by atoms with van der Waals surface area (Å²) in [5.74, 6) is -1.42. The normalized spacial score (nSPS) is 16.2. The van der Waals surface area contributed by atoms with Gasteiger partial charge >= 0.3 is 5.97 Å². The molecule has 0 spiro atoms. The van der Waals surface area contributed by atoms with Crippen molar-refractivity contribution < 1.29 is 23.1 Å². The van der Waals surface area contributed by atoms with E-state index < -0.39 is 27.4 Å². The van der Waals surface area contributed by atoms with Crippen LogP contribution in [0.5, 0.6) is 0 Å². The van der Waals surface area contributed by atoms with Gasteiger partial charge in [-0.05, 0) is 38.0 Å². The zero-order chi connectivity index (χ0) is 19.7. The van der Waals surface area contributed by atoms with Crippen LogP contribution >= 0.6 is 0 Å². The van der Waals surface area contributed by atoms with E-state index in [9.17, 15) is 18.0 Å². The number of carboxylic acid groups (broad SMARTS) is 1. The summed E-state index contributed by atoms with van der Waals surface area (Å²) in [6.45, 7) is 1.87. The van der Waals surface area contributed by atoms with Gasteiger partial charge in [0.2, 0.25) is 0 Å². The molecule has 0 saturated heterocycles. The second-order valence-electron chi connectivity index (χ2n) is 7.06. The number of aromatic nitrogens is 1. The molecule has 1 amide bonds. The molecule has 1 aromatic carbocycles. The number of carbonyl (C=O) groups excluding carboxylic acids is 1. The number of nitrogens with zero attached hydrogens (tertiary/aromatic N) is 1. The van der Waals surface area contributed by atoms with Crippen molar-refractivity contribution in [1.29, 1.82) is 0 Å². The molecule has 27 heavy (non-hydrogen) atoms. The number of aryl methyl sites for hydroxylation is 1. The average molecular weight is 390 g/mol. The number of benzene rings is 1. The lowest BCUT2D eigenvalue weighted by atomic mass is 9.93. The van der Waals surface area contributed by atoms with E-state index >= 15 is 0 Å². The predicted octanol–water partition coefficient (Wildman–Crippen LogP) is 2.55. The van der Waals surface area contributed by atoms with Gasteiger partial charge in [0.15, 0.2) is 0 Å². The quantitative estimate of drug-likeness (QED) is 0.789. The van der Waals surface area contributed by atoms with Gasteiger partial charge in [-0.1, -0.05) is 30.5 Å². The molecular formula is C19H22N2O5S. The smallest absolute Gasteiger partial charge is 0.305 e. The molecule has 0 radical (unpaired) electrons. The highest BCUT2D eigenvalue weighted by Gasteiger charge is 2.37. The molecule has 0 aliphatic heterocycles. The number of carboxylic acids is 1. The molecule has 2 aromatic rings. The minimum absolute atomic E-state index is 0.133. The topological polar surface area (TPSA) is 105 Å². The zero-order valence-corrected chi connectivity index (χ0v) is 15.8. The maximum Gasteiger partial charge on any atom is 0.305 e. The van der Waals surface area contributed by atoms with E-state index in [-0.39, 0.29) is 16.9 Å². The molecule has 0 atom stereocenters. The van der Waals surface area contributed by atoms with Gasteiger partial charge in [-0.3, -0.25) is 9.59 Å². The Morgan fingerprint density at radius 1 is 1.15 bits per heavy atom. The molecule has 1 fully saturated rings. The monoisotopic (exact) mass is 390 g/mol. The molecule has 1 aliphatic carbocycles. The van der Waals surface area contributed by atoms with Crippen LogP contribution in [0.15, 0.2) is 47.6 Å². The molecule has 144 valence electrons. The molecule has 1 aromatic heterocycles. The van der Waals surface area contributed by atoms with Crippen molar-refractivity contribution in [2.75, 3.05) is 0 Å². The highest BCUT2D eigenvalue weighted by molar-refractivity contribution is 7.90. The van der Waals surface area contributed by atoms with Gasteiger partial charge in [-0.15, -0.1) is 0 Å². The van der Waals surface area contributed by atoms with E-state index in [1.165, 1.54) is 30.6 Å². The Morgan fingerprint density at radius 3 is 2.37 bits per heavy atom. The first kappa shape index (κ1) is 19.2. The van der Waals surface area contributed by atoms with Gasteiger partial charge in [0.25, 0.3) is 15.9 Å². The third-order valence-corrected chi connectivity index (χ3v) is 6.60. The first-order chi connectivity index (χ1) is 12.7. The van der Waals surface area contributed by atoms with Crippen LogP contribution in [0.2, 0.25) is 0 Å². The van der Waals surface area contributed by atoms with Crippen molar-refractivity contribution in [3.63, 3.8) is 0 Å². The Balaban J connectivity index is 1.81. The second-order valence-corrected chi connectivity index (χ2v) is 8.90. The summed E-state index contributed by atoms with van der Waals surface area (Å²) < 4.78 is 26.4. The summed E-state index contributed by atoms with van der Waals surface area (Å²) >= 11 is 0. The van der Waals surface area contributed by atoms with Crippen molar-refractivity contribution in [1.82, 2.24) is 9.29 Å². The van der Waals surface area contributed by atoms with E-state index in [1.54, 1.807) is 12.1 Å². The molecule has 2 N–H and O–H groups in total. The van der Waals surface area contributed by atoms with E-state index in [1.807, 2.05) is 6.92 Å². The van der Waals surface area contributed by atoms with Gasteiger partial charge in [0.05, 0.1) is 22.4 Å². The molecule has 1 saturated carbocycles. The van der Waals surface area contributed by atoms with Gasteiger partial charge in [-0.2, -0.15) is 0 Å². The molecular weight excluding hydrogens is 368 g/mol. The van der Waals surface area contributed by atoms with Crippen LogP contribution < -0.4 is 5.32 Å². The summed E-state index contributed by atoms with van der Waals surface area (Å²) in [5, 5.41) is 12.0. The number of aliphatic carboxylic acids is 1. The van der Waals surface area contributed by atoms with Gasteiger partial charge in [0, 0.05) is 12.4 Å². The van der Waals surface area contributed by atoms with Crippen molar-refractivity contribution in [2.45, 2.75) is 49.5 Å². The summed E-state index contributed by atoms with van der Waals surface area (Å²) in [6.07, 6.45) is 5.37. The Hall–Kier alpha value is -2.61. The van der Waals surface area contributed by atoms with Crippen LogP contribution in [0, 0.1) is 6.92 Å². The minimum Gasteiger partial charge on any atom is -0.481 e. The van der Waals surface area contributed by atoms with Gasteiger partial charge in [-0.25, -0.2) is 12.4 Å². The lowest BCUT2D eigenvalue weighted by Gasteiger charge is -2.28. The Kier molecular flexibility index (Phi) is 5.10. The zero-order valence-electron chi connectivity index (χ0n) is 15.0. The third kappa shape index (κ3) is 4.05. The lowest BCUT2D eigenvalue weighted by Crippen LogP contribution is -2.47. The third-order valence-electron chi connectivity index (χ3n) is 4.95. The van der Waals surface area contributed by atoms with Crippen molar-refractivity contribution in [2.24, 2.45) is 0 Å². The first-order valence-electron chi connectivity index (χ1n) is 8.76. The number of amides is 1. The standard InChI is InChI=1S/C19H22N2O5S/c1-14-4-6-16(7-5-14)27(25,26)21-11-8-15(13-21)18(24)20-19(12-17(22)23)9-2-3-10-19/h4-8,11,13H,2-3,9-10,12H2,1H3,(H,20,24)(H,22,23). The molecule has 0 bridgehead atoms. The van der Waals surface area contributed by atoms with Crippen molar-refractivity contribution in [3.8, 4) is 0 Å². The fourth-order valence-corrected chi connectivity index (χ4v) is 4.69. The Labute approximate surface area is 158 Å². The lowest BCUT2D eigenvalue weighted by molar-refractivity contribution is -0.138. The van der Waals surface area contributed by atoms with Crippen LogP contribution in [0.3, 0.4) is 0 Å². The molecule has 0 unspecified atom stereocenters. The highest BCUT2D eigenvalue weighted by Crippen LogP contribution is 2.33. The first-order valence-corrected chi connectivity index (χ1v) is 10.2. The van der Waals surface area contributed by atoms with Crippen LogP contribution in [-0.2, 0) is 14.8 Å². The molecule has 8 heteroatoms. The van der Waals surface area contributed by atoms with Crippen LogP contribution in [0.4, 0.5) is 0 Å². The number of nitrogens with one attached hydrogen (secondary N) is 1. The largest absolute Gasteiger partial charge is 0.481 e. The molecule has 1 heterocycles. The molecule has 7 nitrogen and oxygen atoms in total. The fraction of sp³-hybridized carbons (Fsp3) is 0.368. The summed E-state index contributed by atoms with van der Waals surface area (Å²) in [7, 11) is -3.79. The number of hydrogen-bond donors (Lipinski definition) is 2. The van der Waals surface area contributed by atoms with E-state index in [0.717, 1.165) is 22.4 Å². The second kappa shape index (κ2) is 7.19. The minimum atomic E-state index is -3.79. The van der Waals surface area contributed by atoms with Crippen molar-refractivity contribution >= 4 is 21.9 Å². The number of carbonyl (C=O) groups is 2. The van der Waals surface area contributed by atoms with Gasteiger partial charge < -0.3 is 10.4 Å². The van der Waals surface area contributed by atoms with E-state index in [2.05, 4.69) is 5.32 Å². The Bertz CT molecular complexity index is 954. The maximum atomic E-state index is 12.7. The maximum absolute atomic E-state index is 12.7. The van der Waals surface area contributed by atoms with Crippen LogP contribution in [-0.4, -0.2) is 34.9 Å². The average Bonchev–Trinajstić information content (AvgIpc) is 3.25. The number of hydrogen-bond acceptors (Lipinski definition) is 4. The van der Waals surface area contributed by atoms with Gasteiger partial charge in [0.1, 0.15) is 0 Å². The van der Waals surface area contributed by atoms with E-state index in [4.69, 9.17) is 5.11 Å². The number of rotatable bonds is 6. The molecule has 1 aliphatic rings.